The third kappa shape index (κ3) is 4.85. The van der Waals surface area contributed by atoms with Gasteiger partial charge in [0, 0.05) is 16.9 Å². The van der Waals surface area contributed by atoms with Crippen molar-refractivity contribution in [3.05, 3.63) is 70.6 Å². The van der Waals surface area contributed by atoms with Crippen molar-refractivity contribution in [2.75, 3.05) is 0 Å². The maximum Gasteiger partial charge on any atom is 0.319 e. The van der Waals surface area contributed by atoms with Crippen LogP contribution in [0.1, 0.15) is 11.3 Å². The lowest BCUT2D eigenvalue weighted by Gasteiger charge is -2.03. The van der Waals surface area contributed by atoms with Crippen molar-refractivity contribution in [2.45, 2.75) is 6.54 Å². The van der Waals surface area contributed by atoms with Crippen LogP contribution in [0.2, 0.25) is 0 Å². The summed E-state index contributed by atoms with van der Waals surface area (Å²) in [6, 6.07) is 13.1. The van der Waals surface area contributed by atoms with Gasteiger partial charge in [0.1, 0.15) is 0 Å². The molecule has 0 spiro atoms. The molecule has 0 fully saturated rings. The normalized spacial score (nSPS) is 10.4. The first-order valence-corrected chi connectivity index (χ1v) is 6.90. The highest BCUT2D eigenvalue weighted by Crippen LogP contribution is 2.12. The van der Waals surface area contributed by atoms with Crippen LogP contribution < -0.4 is 10.6 Å². The maximum absolute atomic E-state index is 11.6. The summed E-state index contributed by atoms with van der Waals surface area (Å²) in [4.78, 5) is 15.7. The van der Waals surface area contributed by atoms with Crippen molar-refractivity contribution in [3.8, 4) is 0 Å². The number of hydrogen-bond acceptors (Lipinski definition) is 2. The van der Waals surface area contributed by atoms with Gasteiger partial charge in [0.25, 0.3) is 0 Å². The Labute approximate surface area is 126 Å². The molecule has 2 N–H and O–H groups in total. The molecule has 2 rings (SSSR count). The molecule has 2 aromatic rings. The maximum atomic E-state index is 11.6. The largest absolute Gasteiger partial charge is 0.332 e. The molecule has 1 heterocycles. The molecule has 0 aliphatic heterocycles. The number of nitrogens with one attached hydrogen (secondary N) is 2. The summed E-state index contributed by atoms with van der Waals surface area (Å²) in [5, 5.41) is 5.37. The Bertz CT molecular complexity index is 599. The minimum absolute atomic E-state index is 0.262. The van der Waals surface area contributed by atoms with Crippen LogP contribution in [0.25, 0.3) is 6.08 Å². The highest BCUT2D eigenvalue weighted by atomic mass is 79.9. The van der Waals surface area contributed by atoms with Gasteiger partial charge >= 0.3 is 6.03 Å². The van der Waals surface area contributed by atoms with Crippen LogP contribution >= 0.6 is 15.9 Å². The Balaban J connectivity index is 1.78. The zero-order valence-electron chi connectivity index (χ0n) is 10.7. The molecular formula is C15H14BrN3O. The van der Waals surface area contributed by atoms with Gasteiger partial charge in [-0.15, -0.1) is 0 Å². The minimum Gasteiger partial charge on any atom is -0.332 e. The quantitative estimate of drug-likeness (QED) is 0.902. The minimum atomic E-state index is -0.262. The second-order valence-corrected chi connectivity index (χ2v) is 4.95. The lowest BCUT2D eigenvalue weighted by molar-refractivity contribution is 0.243. The van der Waals surface area contributed by atoms with E-state index < -0.39 is 0 Å². The van der Waals surface area contributed by atoms with Crippen molar-refractivity contribution < 1.29 is 4.79 Å². The number of urea groups is 1. The molecule has 0 unspecified atom stereocenters. The third-order valence-corrected chi connectivity index (χ3v) is 2.99. The van der Waals surface area contributed by atoms with Crippen LogP contribution in [0.4, 0.5) is 4.79 Å². The van der Waals surface area contributed by atoms with Crippen LogP contribution in [0.15, 0.2) is 59.3 Å². The molecule has 0 aliphatic carbocycles. The first kappa shape index (κ1) is 14.3. The Hall–Kier alpha value is -2.14. The van der Waals surface area contributed by atoms with Crippen molar-refractivity contribution in [3.63, 3.8) is 0 Å². The Morgan fingerprint density at radius 1 is 1.25 bits per heavy atom. The SMILES string of the molecule is O=C(N/C=C/c1cccc(Br)c1)NCc1ccccn1. The topological polar surface area (TPSA) is 54.0 Å². The number of carbonyl (C=O) groups excluding carboxylic acids is 1. The van der Waals surface area contributed by atoms with E-state index in [1.54, 1.807) is 12.4 Å². The number of aromatic nitrogens is 1. The number of rotatable bonds is 4. The Kier molecular flexibility index (Phi) is 5.32. The van der Waals surface area contributed by atoms with Gasteiger partial charge in [0.2, 0.25) is 0 Å². The van der Waals surface area contributed by atoms with Gasteiger partial charge < -0.3 is 10.6 Å². The van der Waals surface area contributed by atoms with E-state index in [-0.39, 0.29) is 6.03 Å². The van der Waals surface area contributed by atoms with E-state index in [2.05, 4.69) is 31.5 Å². The predicted octanol–water partition coefficient (Wildman–Crippen LogP) is 3.31. The molecule has 0 bridgehead atoms. The van der Waals surface area contributed by atoms with E-state index in [0.717, 1.165) is 15.7 Å². The number of amides is 2. The molecular weight excluding hydrogens is 318 g/mol. The molecule has 0 atom stereocenters. The van der Waals surface area contributed by atoms with Crippen molar-refractivity contribution in [1.29, 1.82) is 0 Å². The highest BCUT2D eigenvalue weighted by Gasteiger charge is 1.97. The van der Waals surface area contributed by atoms with Gasteiger partial charge in [0.15, 0.2) is 0 Å². The average molecular weight is 332 g/mol. The van der Waals surface area contributed by atoms with E-state index >= 15 is 0 Å². The summed E-state index contributed by atoms with van der Waals surface area (Å²) >= 11 is 3.39. The highest BCUT2D eigenvalue weighted by molar-refractivity contribution is 9.10. The molecule has 102 valence electrons. The zero-order chi connectivity index (χ0) is 14.2. The molecule has 20 heavy (non-hydrogen) atoms. The van der Waals surface area contributed by atoms with Gasteiger partial charge in [-0.3, -0.25) is 4.98 Å². The van der Waals surface area contributed by atoms with Gasteiger partial charge in [-0.2, -0.15) is 0 Å². The molecule has 1 aromatic heterocycles. The molecule has 4 nitrogen and oxygen atoms in total. The zero-order valence-corrected chi connectivity index (χ0v) is 12.3. The van der Waals surface area contributed by atoms with E-state index in [4.69, 9.17) is 0 Å². The number of nitrogens with zero attached hydrogens (tertiary/aromatic N) is 1. The standard InChI is InChI=1S/C15H14BrN3O/c16-13-5-3-4-12(10-13)7-9-18-15(20)19-11-14-6-1-2-8-17-14/h1-10H,11H2,(H2,18,19,20)/b9-7+. The predicted molar refractivity (Wildman–Crippen MR) is 82.8 cm³/mol. The lowest BCUT2D eigenvalue weighted by Crippen LogP contribution is -2.31. The van der Waals surface area contributed by atoms with Gasteiger partial charge in [-0.25, -0.2) is 4.79 Å². The van der Waals surface area contributed by atoms with E-state index in [9.17, 15) is 4.79 Å². The number of benzene rings is 1. The smallest absolute Gasteiger partial charge is 0.319 e. The second-order valence-electron chi connectivity index (χ2n) is 4.04. The summed E-state index contributed by atoms with van der Waals surface area (Å²) in [5.41, 5.74) is 1.82. The van der Waals surface area contributed by atoms with Crippen LogP contribution in [-0.4, -0.2) is 11.0 Å². The van der Waals surface area contributed by atoms with Gasteiger partial charge in [-0.05, 0) is 35.9 Å². The van der Waals surface area contributed by atoms with E-state index in [0.29, 0.717) is 6.54 Å². The number of carbonyl (C=O) groups is 1. The van der Waals surface area contributed by atoms with Crippen LogP contribution in [0.3, 0.4) is 0 Å². The van der Waals surface area contributed by atoms with Crippen LogP contribution in [0.5, 0.6) is 0 Å². The second kappa shape index (κ2) is 7.45. The van der Waals surface area contributed by atoms with E-state index in [1.165, 1.54) is 0 Å². The molecule has 0 saturated heterocycles. The molecule has 0 aliphatic rings. The van der Waals surface area contributed by atoms with Crippen LogP contribution in [-0.2, 0) is 6.54 Å². The molecule has 5 heteroatoms. The summed E-state index contributed by atoms with van der Waals surface area (Å²) in [6.45, 7) is 0.400. The van der Waals surface area contributed by atoms with Crippen molar-refractivity contribution >= 4 is 28.0 Å². The Morgan fingerprint density at radius 2 is 2.15 bits per heavy atom. The summed E-state index contributed by atoms with van der Waals surface area (Å²) < 4.78 is 0.999. The summed E-state index contributed by atoms with van der Waals surface area (Å²) in [5.74, 6) is 0. The van der Waals surface area contributed by atoms with Crippen molar-refractivity contribution in [1.82, 2.24) is 15.6 Å². The summed E-state index contributed by atoms with van der Waals surface area (Å²) in [7, 11) is 0. The third-order valence-electron chi connectivity index (χ3n) is 2.50. The number of pyridine rings is 1. The molecule has 1 aromatic carbocycles. The fourth-order valence-electron chi connectivity index (χ4n) is 1.55. The van der Waals surface area contributed by atoms with Gasteiger partial charge in [-0.1, -0.05) is 34.1 Å². The fraction of sp³-hybridized carbons (Fsp3) is 0.0667. The number of halogens is 1. The first-order valence-electron chi connectivity index (χ1n) is 6.10. The average Bonchev–Trinajstić information content (AvgIpc) is 2.46. The van der Waals surface area contributed by atoms with Gasteiger partial charge in [0.05, 0.1) is 12.2 Å². The fourth-order valence-corrected chi connectivity index (χ4v) is 1.97. The first-order chi connectivity index (χ1) is 9.74. The van der Waals surface area contributed by atoms with Crippen molar-refractivity contribution in [2.24, 2.45) is 0 Å². The Morgan fingerprint density at radius 3 is 2.90 bits per heavy atom. The van der Waals surface area contributed by atoms with Crippen LogP contribution in [0, 0.1) is 0 Å². The molecule has 0 saturated carbocycles. The lowest BCUT2D eigenvalue weighted by atomic mass is 10.2. The van der Waals surface area contributed by atoms with E-state index in [1.807, 2.05) is 48.5 Å². The molecule has 2 amide bonds. The molecule has 0 radical (unpaired) electrons. The summed E-state index contributed by atoms with van der Waals surface area (Å²) in [6.07, 6.45) is 5.13. The number of hydrogen-bond donors (Lipinski definition) is 2. The monoisotopic (exact) mass is 331 g/mol.